The zero-order chi connectivity index (χ0) is 30.9. The highest BCUT2D eigenvalue weighted by Gasteiger charge is 2.16. The smallest absolute Gasteiger partial charge is 0.142 e. The Kier molecular flexibility index (Phi) is 10.7. The van der Waals surface area contributed by atoms with Crippen LogP contribution in [0.15, 0.2) is 54.6 Å². The molecule has 0 radical (unpaired) electrons. The maximum Gasteiger partial charge on any atom is 0.142 e. The molecule has 10 nitrogen and oxygen atoms in total. The number of fused-ring (bicyclic) bond motifs is 2. The number of H-pyrrole nitrogens is 2. The second kappa shape index (κ2) is 15.1. The van der Waals surface area contributed by atoms with Crippen LogP contribution in [-0.2, 0) is 4.74 Å². The molecule has 0 aliphatic heterocycles. The Bertz CT molecular complexity index is 1640. The number of nitrogens with zero attached hydrogens (tertiary/aromatic N) is 4. The van der Waals surface area contributed by atoms with Gasteiger partial charge in [0.05, 0.1) is 47.5 Å². The van der Waals surface area contributed by atoms with Crippen molar-refractivity contribution in [3.63, 3.8) is 0 Å². The highest BCUT2D eigenvalue weighted by molar-refractivity contribution is 5.84. The van der Waals surface area contributed by atoms with Gasteiger partial charge in [0.25, 0.3) is 0 Å². The van der Waals surface area contributed by atoms with Crippen LogP contribution in [0.4, 0.5) is 0 Å². The van der Waals surface area contributed by atoms with Crippen molar-refractivity contribution in [3.05, 3.63) is 54.6 Å². The molecular formula is C34H44N6O4. The molecule has 0 unspecified atom stereocenters. The van der Waals surface area contributed by atoms with Crippen molar-refractivity contribution in [1.82, 2.24) is 29.7 Å². The Morgan fingerprint density at radius 1 is 0.636 bits per heavy atom. The summed E-state index contributed by atoms with van der Waals surface area (Å²) in [7, 11) is 8.27. The van der Waals surface area contributed by atoms with Crippen LogP contribution in [-0.4, -0.2) is 104 Å². The summed E-state index contributed by atoms with van der Waals surface area (Å²) in [5.74, 6) is 3.83. The maximum atomic E-state index is 6.25. The van der Waals surface area contributed by atoms with Crippen LogP contribution in [0.5, 0.6) is 17.2 Å². The monoisotopic (exact) mass is 600 g/mol. The summed E-state index contributed by atoms with van der Waals surface area (Å²) in [6, 6.07) is 18.0. The average Bonchev–Trinajstić information content (AvgIpc) is 3.63. The van der Waals surface area contributed by atoms with Crippen molar-refractivity contribution in [2.24, 2.45) is 0 Å². The van der Waals surface area contributed by atoms with Crippen molar-refractivity contribution in [3.8, 4) is 40.0 Å². The predicted molar refractivity (Wildman–Crippen MR) is 176 cm³/mol. The van der Waals surface area contributed by atoms with E-state index in [4.69, 9.17) is 28.9 Å². The second-order valence-electron chi connectivity index (χ2n) is 11.3. The van der Waals surface area contributed by atoms with E-state index in [2.05, 4.69) is 48.0 Å². The molecule has 2 N–H and O–H groups in total. The van der Waals surface area contributed by atoms with Gasteiger partial charge in [-0.2, -0.15) is 0 Å². The van der Waals surface area contributed by atoms with Gasteiger partial charge < -0.3 is 38.7 Å². The minimum atomic E-state index is 0.421. The van der Waals surface area contributed by atoms with Crippen molar-refractivity contribution >= 4 is 22.1 Å². The summed E-state index contributed by atoms with van der Waals surface area (Å²) in [4.78, 5) is 20.9. The van der Waals surface area contributed by atoms with E-state index in [9.17, 15) is 0 Å². The zero-order valence-electron chi connectivity index (χ0n) is 26.5. The van der Waals surface area contributed by atoms with Crippen LogP contribution in [0.25, 0.3) is 44.8 Å². The Labute approximate surface area is 259 Å². The van der Waals surface area contributed by atoms with Gasteiger partial charge >= 0.3 is 0 Å². The summed E-state index contributed by atoms with van der Waals surface area (Å²) in [6.45, 7) is 6.84. The van der Waals surface area contributed by atoms with Crippen molar-refractivity contribution in [2.75, 3.05) is 74.3 Å². The number of ether oxygens (including phenoxy) is 4. The fraction of sp³-hybridized carbons (Fsp3) is 0.412. The molecule has 0 saturated heterocycles. The zero-order valence-corrected chi connectivity index (χ0v) is 26.5. The molecule has 5 aromatic rings. The van der Waals surface area contributed by atoms with Gasteiger partial charge in [0, 0.05) is 37.4 Å². The van der Waals surface area contributed by atoms with Gasteiger partial charge in [-0.3, -0.25) is 0 Å². The molecule has 0 fully saturated rings. The highest BCUT2D eigenvalue weighted by atomic mass is 16.5. The van der Waals surface area contributed by atoms with Crippen LogP contribution in [0.3, 0.4) is 0 Å². The van der Waals surface area contributed by atoms with Crippen LogP contribution in [0, 0.1) is 0 Å². The van der Waals surface area contributed by atoms with E-state index in [1.165, 1.54) is 0 Å². The van der Waals surface area contributed by atoms with E-state index in [-0.39, 0.29) is 0 Å². The Morgan fingerprint density at radius 2 is 1.23 bits per heavy atom. The van der Waals surface area contributed by atoms with Gasteiger partial charge in [0.2, 0.25) is 0 Å². The number of imidazole rings is 2. The highest BCUT2D eigenvalue weighted by Crippen LogP contribution is 2.35. The van der Waals surface area contributed by atoms with Gasteiger partial charge in [0.15, 0.2) is 0 Å². The number of hydrogen-bond acceptors (Lipinski definition) is 8. The molecule has 3 aromatic carbocycles. The van der Waals surface area contributed by atoms with E-state index < -0.39 is 0 Å². The first kappa shape index (κ1) is 31.3. The SMILES string of the molecule is CCOCCOc1cc(-c2nc3ccc(OCCCN(C)C)cc3[nH]2)ccc1-c1nc2ccc(OCCCN(C)C)cc2[nH]1. The van der Waals surface area contributed by atoms with Gasteiger partial charge in [-0.05, 0) is 84.4 Å². The molecule has 0 saturated carbocycles. The Hall–Kier alpha value is -4.12. The molecule has 0 aliphatic rings. The lowest BCUT2D eigenvalue weighted by Gasteiger charge is -2.12. The fourth-order valence-corrected chi connectivity index (χ4v) is 4.90. The van der Waals surface area contributed by atoms with E-state index in [0.29, 0.717) is 38.8 Å². The maximum absolute atomic E-state index is 6.25. The molecule has 10 heteroatoms. The van der Waals surface area contributed by atoms with Crippen LogP contribution >= 0.6 is 0 Å². The number of benzene rings is 3. The van der Waals surface area contributed by atoms with Crippen molar-refractivity contribution in [2.45, 2.75) is 19.8 Å². The molecule has 0 bridgehead atoms. The third-order valence-electron chi connectivity index (χ3n) is 7.14. The number of aromatic amines is 2. The topological polar surface area (TPSA) is 101 Å². The predicted octanol–water partition coefficient (Wildman–Crippen LogP) is 5.85. The molecule has 0 amide bonds. The third-order valence-corrected chi connectivity index (χ3v) is 7.14. The Morgan fingerprint density at radius 3 is 1.82 bits per heavy atom. The molecule has 0 atom stereocenters. The summed E-state index contributed by atoms with van der Waals surface area (Å²) < 4.78 is 23.7. The lowest BCUT2D eigenvalue weighted by molar-refractivity contribution is 0.110. The molecule has 2 aromatic heterocycles. The first-order valence-corrected chi connectivity index (χ1v) is 15.3. The summed E-state index contributed by atoms with van der Waals surface area (Å²) >= 11 is 0. The molecule has 0 spiro atoms. The van der Waals surface area contributed by atoms with E-state index >= 15 is 0 Å². The number of rotatable bonds is 17. The molecule has 2 heterocycles. The molecule has 44 heavy (non-hydrogen) atoms. The minimum absolute atomic E-state index is 0.421. The van der Waals surface area contributed by atoms with Crippen LogP contribution < -0.4 is 14.2 Å². The minimum Gasteiger partial charge on any atom is -0.493 e. The lowest BCUT2D eigenvalue weighted by Crippen LogP contribution is -2.15. The summed E-state index contributed by atoms with van der Waals surface area (Å²) in [5.41, 5.74) is 5.34. The average molecular weight is 601 g/mol. The van der Waals surface area contributed by atoms with Crippen LogP contribution in [0.1, 0.15) is 19.8 Å². The molecule has 0 aliphatic carbocycles. The van der Waals surface area contributed by atoms with Gasteiger partial charge in [0.1, 0.15) is 35.5 Å². The molecular weight excluding hydrogens is 556 g/mol. The summed E-state index contributed by atoms with van der Waals surface area (Å²) in [5, 5.41) is 0. The van der Waals surface area contributed by atoms with E-state index in [1.54, 1.807) is 0 Å². The number of hydrogen-bond donors (Lipinski definition) is 2. The molecule has 5 rings (SSSR count). The first-order chi connectivity index (χ1) is 21.4. The standard InChI is InChI=1S/C34H44N6O4/c1-6-41-19-20-44-32-21-24(33-35-28-13-10-25(22-30(28)37-33)42-17-7-15-39(2)3)9-12-27(32)34-36-29-14-11-26(23-31(29)38-34)43-18-8-16-40(4)5/h9-14,21-23H,6-8,15-20H2,1-5H3,(H,35,37)(H,36,38). The van der Waals surface area contributed by atoms with Crippen molar-refractivity contribution in [1.29, 1.82) is 0 Å². The lowest BCUT2D eigenvalue weighted by atomic mass is 10.1. The van der Waals surface area contributed by atoms with Gasteiger partial charge in [-0.15, -0.1) is 0 Å². The van der Waals surface area contributed by atoms with E-state index in [1.807, 2.05) is 61.5 Å². The Balaban J connectivity index is 1.37. The largest absolute Gasteiger partial charge is 0.493 e. The van der Waals surface area contributed by atoms with E-state index in [0.717, 1.165) is 82.3 Å². The van der Waals surface area contributed by atoms with Gasteiger partial charge in [-0.25, -0.2) is 9.97 Å². The third kappa shape index (κ3) is 8.28. The van der Waals surface area contributed by atoms with Crippen molar-refractivity contribution < 1.29 is 18.9 Å². The quantitative estimate of drug-likeness (QED) is 0.128. The molecule has 234 valence electrons. The first-order valence-electron chi connectivity index (χ1n) is 15.3. The number of nitrogens with one attached hydrogen (secondary N) is 2. The fourth-order valence-electron chi connectivity index (χ4n) is 4.90. The second-order valence-corrected chi connectivity index (χ2v) is 11.3. The summed E-state index contributed by atoms with van der Waals surface area (Å²) in [6.07, 6.45) is 1.93. The number of aromatic nitrogens is 4. The van der Waals surface area contributed by atoms with Gasteiger partial charge in [-0.1, -0.05) is 6.07 Å². The van der Waals surface area contributed by atoms with Crippen LogP contribution in [0.2, 0.25) is 0 Å². The normalized spacial score (nSPS) is 11.7.